The standard InChI is InChI=1S/C49H49N4O6.C47H47N4O5.2Y/c1-29(2)44(54)15-14-31-17-32(27-58-45-23-40-38(16-30(45)3)48(55)52-36(25-50-40)20-34-10-6-8-12-41(34)52)19-33(18-31)28-59-47-24-43-39(22-46(47)57-5)49(56)53-37(26-51(43)4)21-35-11-7-9-13-42(35)53;1-28(2)14-30-16-31(26-55-43-22-39-37(15-29(43)3)46(52)50-35(24-48-39)19-33-10-6-8-12-40(33)50)18-32(17-30)27-56-45-23-42-38(21-44(45)54-5)47(53)51-36(25-49(42)4)20-34-11-7-9-13-41(34)51;;/h6-13,16-19,22-24,26,29,36-37,50H,14-15,20-21,25,27-28H2,1-5H3;6-13,15-18,21-23,25,28,35-36,48H,14,19-20,24,26-27H2,1-5H3;;/q2*-1;;/t36-,37-;35-,36-;;/m00../s1. The van der Waals surface area contributed by atoms with Crippen molar-refractivity contribution in [3.05, 3.63) is 284 Å². The first-order valence-corrected chi connectivity index (χ1v) is 40.0. The zero-order chi connectivity index (χ0) is 79.6. The van der Waals surface area contributed by atoms with E-state index in [-0.39, 0.29) is 138 Å². The number of nitrogens with one attached hydrogen (secondary N) is 2. The van der Waals surface area contributed by atoms with Crippen LogP contribution in [-0.2, 0) is 135 Å². The van der Waals surface area contributed by atoms with Crippen LogP contribution in [0.2, 0.25) is 0 Å². The van der Waals surface area contributed by atoms with Gasteiger partial charge in [0.15, 0.2) is 23.0 Å². The Morgan fingerprint density at radius 1 is 0.410 bits per heavy atom. The topological polar surface area (TPSA) is 184 Å². The molecule has 21 heteroatoms. The number of benzene rings is 10. The maximum atomic E-state index is 14.1. The fourth-order valence-corrected chi connectivity index (χ4v) is 17.9. The Morgan fingerprint density at radius 3 is 1.15 bits per heavy atom. The minimum atomic E-state index is -0.0946. The van der Waals surface area contributed by atoms with E-state index in [2.05, 4.69) is 98.2 Å². The number of para-hydroxylation sites is 4. The second-order valence-corrected chi connectivity index (χ2v) is 32.3. The summed E-state index contributed by atoms with van der Waals surface area (Å²) in [5.74, 6) is 4.03. The second kappa shape index (κ2) is 34.5. The fourth-order valence-electron chi connectivity index (χ4n) is 17.9. The minimum Gasteiger partial charge on any atom is -0.522 e. The molecule has 8 heterocycles. The first-order chi connectivity index (χ1) is 55.7. The molecule has 0 saturated heterocycles. The Morgan fingerprint density at radius 2 is 0.761 bits per heavy atom. The quantitative estimate of drug-likeness (QED) is 0.0687. The van der Waals surface area contributed by atoms with Crippen LogP contribution in [0.3, 0.4) is 0 Å². The predicted molar refractivity (Wildman–Crippen MR) is 451 cm³/mol. The largest absolute Gasteiger partial charge is 0.522 e. The Labute approximate surface area is 735 Å². The van der Waals surface area contributed by atoms with Crippen LogP contribution in [0.15, 0.2) is 182 Å². The number of carbonyl (C=O) groups excluding carboxylic acids is 5. The minimum absolute atomic E-state index is 0. The summed E-state index contributed by atoms with van der Waals surface area (Å²) >= 11 is 0. The average molecular weight is 1720 g/mol. The van der Waals surface area contributed by atoms with Crippen LogP contribution in [0.4, 0.5) is 45.5 Å². The summed E-state index contributed by atoms with van der Waals surface area (Å²) in [6.07, 6.45) is 5.13. The molecule has 0 aromatic heterocycles. The van der Waals surface area contributed by atoms with Crippen molar-refractivity contribution in [1.29, 1.82) is 0 Å². The van der Waals surface area contributed by atoms with Crippen molar-refractivity contribution >= 4 is 74.9 Å². The van der Waals surface area contributed by atoms with Crippen molar-refractivity contribution < 1.29 is 118 Å². The molecule has 8 aliphatic heterocycles. The molecule has 4 atom stereocenters. The molecule has 0 fully saturated rings. The zero-order valence-corrected chi connectivity index (χ0v) is 73.6. The van der Waals surface area contributed by atoms with Gasteiger partial charge >= 0.3 is 0 Å². The van der Waals surface area contributed by atoms with Crippen LogP contribution < -0.4 is 68.5 Å². The summed E-state index contributed by atoms with van der Waals surface area (Å²) < 4.78 is 37.7. The van der Waals surface area contributed by atoms with E-state index in [1.54, 1.807) is 20.3 Å². The molecule has 2 N–H and O–H groups in total. The van der Waals surface area contributed by atoms with Crippen molar-refractivity contribution in [3.8, 4) is 34.5 Å². The van der Waals surface area contributed by atoms with Gasteiger partial charge in [-0.05, 0) is 200 Å². The van der Waals surface area contributed by atoms with Gasteiger partial charge in [-0.1, -0.05) is 137 Å². The average Bonchev–Trinajstić information content (AvgIpc) is 1.60. The zero-order valence-electron chi connectivity index (χ0n) is 68.0. The number of hydrogen-bond acceptors (Lipinski definition) is 15. The first kappa shape index (κ1) is 82.1. The van der Waals surface area contributed by atoms with Crippen LogP contribution in [0.1, 0.15) is 142 Å². The molecule has 8 aliphatic rings. The summed E-state index contributed by atoms with van der Waals surface area (Å²) in [4.78, 5) is 80.4. The molecule has 117 heavy (non-hydrogen) atoms. The van der Waals surface area contributed by atoms with Crippen molar-refractivity contribution in [2.24, 2.45) is 11.8 Å². The van der Waals surface area contributed by atoms with Gasteiger partial charge in [0.2, 0.25) is 0 Å². The summed E-state index contributed by atoms with van der Waals surface area (Å²) in [5, 5.41) is 7.09. The van der Waals surface area contributed by atoms with Gasteiger partial charge in [0.1, 0.15) is 43.7 Å². The summed E-state index contributed by atoms with van der Waals surface area (Å²) in [5.41, 5.74) is 22.0. The Kier molecular flexibility index (Phi) is 24.2. The summed E-state index contributed by atoms with van der Waals surface area (Å²) in [6.45, 7) is 19.0. The number of anilines is 8. The molecule has 2 radical (unpaired) electrons. The SMILES string of the molecule is COc1cc2c(cc1OCc1cc(CCC(=O)C(C)C)cc(COc3cc4c(cc3C)C(=O)N3c5ccccc5C[C@H]3CN4)c1)N(C)[CH-][C@@H]1Cc3ccccc3N1C2=O.COc1cc2c(cc1OCc1cc(COc3cc4c(cc3C)C(=O)N3c5ccccc5C[C@H]3CN4)cc(CC(C)C)c1)N(C)[CH-][C@@H]1Cc3ccccc3N1C2=O.[Y].[Y]. The van der Waals surface area contributed by atoms with E-state index in [9.17, 15) is 24.0 Å². The normalized spacial score (nSPS) is 17.4. The molecular weight excluding hydrogens is 1620 g/mol. The number of ether oxygens (including phenoxy) is 6. The third-order valence-electron chi connectivity index (χ3n) is 23.5. The monoisotopic (exact) mass is 1710 g/mol. The number of rotatable bonds is 20. The van der Waals surface area contributed by atoms with E-state index in [0.29, 0.717) is 96.1 Å². The molecule has 10 aromatic rings. The van der Waals surface area contributed by atoms with Crippen molar-refractivity contribution in [2.75, 3.05) is 81.4 Å². The maximum Gasteiger partial charge on any atom is 0.260 e. The van der Waals surface area contributed by atoms with Gasteiger partial charge in [-0.2, -0.15) is 0 Å². The van der Waals surface area contributed by atoms with E-state index < -0.39 is 0 Å². The molecule has 0 spiro atoms. The molecule has 0 aliphatic carbocycles. The van der Waals surface area contributed by atoms with Gasteiger partial charge in [0, 0.05) is 149 Å². The molecular formula is C96H96N8O11Y2-2. The number of aryl methyl sites for hydroxylation is 3. The molecule has 594 valence electrons. The molecule has 19 nitrogen and oxygen atoms in total. The van der Waals surface area contributed by atoms with Gasteiger partial charge < -0.3 is 68.5 Å². The van der Waals surface area contributed by atoms with Crippen LogP contribution in [0.5, 0.6) is 34.5 Å². The van der Waals surface area contributed by atoms with Gasteiger partial charge in [0.05, 0.1) is 59.9 Å². The van der Waals surface area contributed by atoms with E-state index in [4.69, 9.17) is 28.4 Å². The number of methoxy groups -OCH3 is 2. The Balaban J connectivity index is 0.000000180. The van der Waals surface area contributed by atoms with Crippen LogP contribution >= 0.6 is 0 Å². The molecule has 4 amide bonds. The molecule has 18 rings (SSSR count). The number of hydrogen-bond donors (Lipinski definition) is 2. The number of carbonyl (C=O) groups is 5. The molecule has 0 saturated carbocycles. The molecule has 0 unspecified atom stereocenters. The van der Waals surface area contributed by atoms with Crippen molar-refractivity contribution in [2.45, 2.75) is 137 Å². The van der Waals surface area contributed by atoms with E-state index in [1.165, 1.54) is 22.3 Å². The first-order valence-electron chi connectivity index (χ1n) is 40.0. The number of fused-ring (bicyclic) bond motifs is 16. The summed E-state index contributed by atoms with van der Waals surface area (Å²) in [6, 6.07) is 60.4. The Bertz CT molecular complexity index is 5550. The smallest absolute Gasteiger partial charge is 0.260 e. The Hall–Kier alpha value is -10.0. The van der Waals surface area contributed by atoms with Crippen LogP contribution in [0.25, 0.3) is 0 Å². The van der Waals surface area contributed by atoms with Gasteiger partial charge in [0.25, 0.3) is 23.6 Å². The number of likely N-dealkylation sites (N-methyl/N-ethyl adjacent to an activating group) is 2. The second-order valence-electron chi connectivity index (χ2n) is 32.3. The van der Waals surface area contributed by atoms with Gasteiger partial charge in [-0.25, -0.2) is 13.1 Å². The molecule has 0 bridgehead atoms. The van der Waals surface area contributed by atoms with Gasteiger partial charge in [-0.15, -0.1) is 0 Å². The maximum absolute atomic E-state index is 14.1. The fraction of sp³-hybridized carbons (Fsp3) is 0.302. The number of ketones is 1. The third kappa shape index (κ3) is 16.3. The number of nitrogens with zero attached hydrogens (tertiary/aromatic N) is 6. The predicted octanol–water partition coefficient (Wildman–Crippen LogP) is 17.0. The van der Waals surface area contributed by atoms with Crippen molar-refractivity contribution in [1.82, 2.24) is 0 Å². The van der Waals surface area contributed by atoms with Crippen molar-refractivity contribution in [3.63, 3.8) is 0 Å². The number of Topliss-reactive ketones (excluding diaryl/α,β-unsaturated/α-hetero) is 1. The third-order valence-corrected chi connectivity index (χ3v) is 23.5. The number of amides is 4. The van der Waals surface area contributed by atoms with Gasteiger partial charge in [-0.3, -0.25) is 24.0 Å². The van der Waals surface area contributed by atoms with E-state index >= 15 is 0 Å². The van der Waals surface area contributed by atoms with E-state index in [1.807, 2.05) is 186 Å². The van der Waals surface area contributed by atoms with Crippen LogP contribution in [-0.4, -0.2) is 95.0 Å². The van der Waals surface area contributed by atoms with E-state index in [0.717, 1.165) is 128 Å². The molecule has 10 aromatic carbocycles. The van der Waals surface area contributed by atoms with Crippen LogP contribution in [0, 0.1) is 38.8 Å². The summed E-state index contributed by atoms with van der Waals surface area (Å²) in [7, 11) is 7.14.